The minimum absolute atomic E-state index is 0.0237. The van der Waals surface area contributed by atoms with Crippen molar-refractivity contribution in [3.05, 3.63) is 29.6 Å². The van der Waals surface area contributed by atoms with Crippen LogP contribution in [0, 0.1) is 5.82 Å². The van der Waals surface area contributed by atoms with Crippen LogP contribution in [0.4, 0.5) is 10.1 Å². The van der Waals surface area contributed by atoms with Gasteiger partial charge in [-0.2, -0.15) is 0 Å². The van der Waals surface area contributed by atoms with Crippen molar-refractivity contribution in [1.29, 1.82) is 0 Å². The minimum atomic E-state index is -0.458. The maximum Gasteiger partial charge on any atom is 0.241 e. The molecule has 0 aromatic heterocycles. The molecule has 1 atom stereocenters. The molecule has 3 nitrogen and oxygen atoms in total. The van der Waals surface area contributed by atoms with Gasteiger partial charge in [0.25, 0.3) is 0 Å². The lowest BCUT2D eigenvalue weighted by Gasteiger charge is -2.39. The summed E-state index contributed by atoms with van der Waals surface area (Å²) in [4.78, 5) is 13.6. The Morgan fingerprint density at radius 3 is 2.76 bits per heavy atom. The van der Waals surface area contributed by atoms with Gasteiger partial charge in [0.05, 0.1) is 6.54 Å². The molecule has 1 fully saturated rings. The van der Waals surface area contributed by atoms with Gasteiger partial charge in [0.15, 0.2) is 0 Å². The Kier molecular flexibility index (Phi) is 1.74. The van der Waals surface area contributed by atoms with Crippen molar-refractivity contribution in [3.63, 3.8) is 0 Å². The Hall–Kier alpha value is -1.58. The highest BCUT2D eigenvalue weighted by atomic mass is 19.1. The lowest BCUT2D eigenvalue weighted by molar-refractivity contribution is -0.119. The summed E-state index contributed by atoms with van der Waals surface area (Å²) in [7, 11) is 0. The smallest absolute Gasteiger partial charge is 0.241 e. The maximum atomic E-state index is 13.4. The molecule has 0 spiro atoms. The first-order valence-corrected chi connectivity index (χ1v) is 5.75. The summed E-state index contributed by atoms with van der Waals surface area (Å²) in [6, 6.07) is 4.78. The second-order valence-electron chi connectivity index (χ2n) is 5.49. The summed E-state index contributed by atoms with van der Waals surface area (Å²) in [5.41, 5.74) is 1.15. The normalized spacial score (nSPS) is 28.9. The molecule has 0 saturated carbocycles. The van der Waals surface area contributed by atoms with Gasteiger partial charge < -0.3 is 10.2 Å². The van der Waals surface area contributed by atoms with Crippen molar-refractivity contribution in [2.24, 2.45) is 0 Å². The van der Waals surface area contributed by atoms with Gasteiger partial charge in [-0.15, -0.1) is 0 Å². The summed E-state index contributed by atoms with van der Waals surface area (Å²) < 4.78 is 13.4. The van der Waals surface area contributed by atoms with Crippen molar-refractivity contribution in [2.75, 3.05) is 11.4 Å². The molecule has 0 aliphatic carbocycles. The summed E-state index contributed by atoms with van der Waals surface area (Å²) in [5, 5.41) is 3.01. The van der Waals surface area contributed by atoms with Gasteiger partial charge in [-0.25, -0.2) is 4.39 Å². The molecule has 1 N–H and O–H groups in total. The lowest BCUT2D eigenvalue weighted by Crippen LogP contribution is -2.57. The quantitative estimate of drug-likeness (QED) is 0.742. The van der Waals surface area contributed by atoms with E-state index < -0.39 is 5.66 Å². The van der Waals surface area contributed by atoms with Gasteiger partial charge in [-0.3, -0.25) is 4.79 Å². The van der Waals surface area contributed by atoms with Gasteiger partial charge in [0.1, 0.15) is 11.5 Å². The second kappa shape index (κ2) is 2.81. The van der Waals surface area contributed by atoms with Crippen molar-refractivity contribution in [2.45, 2.75) is 31.8 Å². The van der Waals surface area contributed by atoms with Crippen LogP contribution >= 0.6 is 0 Å². The van der Waals surface area contributed by atoms with Crippen molar-refractivity contribution < 1.29 is 9.18 Å². The summed E-state index contributed by atoms with van der Waals surface area (Å²) in [6.07, 6.45) is 0. The third kappa shape index (κ3) is 1.08. The Morgan fingerprint density at radius 1 is 1.35 bits per heavy atom. The number of benzene rings is 1. The predicted molar refractivity (Wildman–Crippen MR) is 63.3 cm³/mol. The first kappa shape index (κ1) is 10.6. The highest BCUT2D eigenvalue weighted by molar-refractivity contribution is 5.90. The van der Waals surface area contributed by atoms with E-state index in [-0.39, 0.29) is 17.1 Å². The first-order valence-electron chi connectivity index (χ1n) is 5.75. The molecule has 1 aromatic rings. The summed E-state index contributed by atoms with van der Waals surface area (Å²) in [6.45, 7) is 6.42. The van der Waals surface area contributed by atoms with Crippen LogP contribution in [0.25, 0.3) is 0 Å². The predicted octanol–water partition coefficient (Wildman–Crippen LogP) is 1.77. The number of nitrogens with zero attached hydrogens (tertiary/aromatic N) is 1. The third-order valence-electron chi connectivity index (χ3n) is 4.36. The number of carbonyl (C=O) groups excluding carboxylic acids is 1. The second-order valence-corrected chi connectivity index (χ2v) is 5.49. The Morgan fingerprint density at radius 2 is 2.06 bits per heavy atom. The molecule has 1 amide bonds. The largest absolute Gasteiger partial charge is 0.339 e. The Labute approximate surface area is 99.6 Å². The Balaban J connectivity index is 2.26. The van der Waals surface area contributed by atoms with Crippen LogP contribution in [0.1, 0.15) is 26.3 Å². The van der Waals surface area contributed by atoms with Gasteiger partial charge in [0.2, 0.25) is 5.91 Å². The lowest BCUT2D eigenvalue weighted by atomic mass is 9.77. The van der Waals surface area contributed by atoms with Gasteiger partial charge in [-0.1, -0.05) is 13.8 Å². The van der Waals surface area contributed by atoms with Gasteiger partial charge in [-0.05, 0) is 30.7 Å². The highest BCUT2D eigenvalue weighted by Crippen LogP contribution is 2.51. The number of rotatable bonds is 0. The van der Waals surface area contributed by atoms with Crippen molar-refractivity contribution >= 4 is 11.6 Å². The average Bonchev–Trinajstić information content (AvgIpc) is 2.61. The molecular formula is C13H15FN2O. The molecule has 0 radical (unpaired) electrons. The van der Waals surface area contributed by atoms with Crippen LogP contribution in [-0.2, 0) is 10.2 Å². The fourth-order valence-corrected chi connectivity index (χ4v) is 3.01. The zero-order chi connectivity index (χ0) is 12.4. The summed E-state index contributed by atoms with van der Waals surface area (Å²) >= 11 is 0. The van der Waals surface area contributed by atoms with Crippen LogP contribution in [0.15, 0.2) is 18.2 Å². The molecule has 90 valence electrons. The molecule has 1 aromatic carbocycles. The van der Waals surface area contributed by atoms with Gasteiger partial charge in [0, 0.05) is 11.1 Å². The van der Waals surface area contributed by atoms with Crippen LogP contribution < -0.4 is 10.2 Å². The number of nitrogens with one attached hydrogen (secondary N) is 1. The fraction of sp³-hybridized carbons (Fsp3) is 0.462. The van der Waals surface area contributed by atoms with E-state index in [0.717, 1.165) is 11.3 Å². The first-order chi connectivity index (χ1) is 7.86. The number of hydrogen-bond acceptors (Lipinski definition) is 2. The molecule has 2 aliphatic heterocycles. The zero-order valence-electron chi connectivity index (χ0n) is 10.2. The van der Waals surface area contributed by atoms with Crippen LogP contribution in [-0.4, -0.2) is 18.1 Å². The molecule has 2 heterocycles. The van der Waals surface area contributed by atoms with Crippen molar-refractivity contribution in [3.8, 4) is 0 Å². The molecule has 2 aliphatic rings. The average molecular weight is 234 g/mol. The van der Waals surface area contributed by atoms with Crippen LogP contribution in [0.5, 0.6) is 0 Å². The standard InChI is InChI=1S/C13H15FN2O/c1-12(2)9-6-8(14)4-5-10(9)16-7-11(17)15-13(12,16)3/h4-6H,7H2,1-3H3,(H,15,17)/t13-/m0/s1. The number of anilines is 1. The number of hydrogen-bond donors (Lipinski definition) is 1. The van der Waals surface area contributed by atoms with Gasteiger partial charge >= 0.3 is 0 Å². The maximum absolute atomic E-state index is 13.4. The highest BCUT2D eigenvalue weighted by Gasteiger charge is 2.58. The molecule has 3 rings (SSSR count). The third-order valence-corrected chi connectivity index (χ3v) is 4.36. The monoisotopic (exact) mass is 234 g/mol. The molecule has 4 heteroatoms. The van der Waals surface area contributed by atoms with E-state index in [2.05, 4.69) is 5.32 Å². The number of fused-ring (bicyclic) bond motifs is 3. The topological polar surface area (TPSA) is 32.3 Å². The molecule has 17 heavy (non-hydrogen) atoms. The van der Waals surface area contributed by atoms with E-state index in [1.165, 1.54) is 6.07 Å². The summed E-state index contributed by atoms with van der Waals surface area (Å²) in [5.74, 6) is -0.205. The molecule has 0 bridgehead atoms. The SMILES string of the molecule is CC1(C)c2cc(F)ccc2N2CC(=O)N[C@@]21C. The molecule has 0 unspecified atom stereocenters. The zero-order valence-corrected chi connectivity index (χ0v) is 10.2. The number of carbonyl (C=O) groups is 1. The number of amides is 1. The minimum Gasteiger partial charge on any atom is -0.339 e. The van der Waals surface area contributed by atoms with Crippen LogP contribution in [0.3, 0.4) is 0 Å². The fourth-order valence-electron chi connectivity index (χ4n) is 3.01. The number of halogens is 1. The molecule has 1 saturated heterocycles. The molecular weight excluding hydrogens is 219 g/mol. The van der Waals surface area contributed by atoms with Crippen LogP contribution in [0.2, 0.25) is 0 Å². The van der Waals surface area contributed by atoms with E-state index >= 15 is 0 Å². The van der Waals surface area contributed by atoms with Crippen molar-refractivity contribution in [1.82, 2.24) is 5.32 Å². The van der Waals surface area contributed by atoms with E-state index in [0.29, 0.717) is 6.54 Å². The van der Waals surface area contributed by atoms with E-state index in [9.17, 15) is 9.18 Å². The Bertz CT molecular complexity index is 526. The van der Waals surface area contributed by atoms with E-state index in [1.807, 2.05) is 25.7 Å². The van der Waals surface area contributed by atoms with E-state index in [4.69, 9.17) is 0 Å². The van der Waals surface area contributed by atoms with E-state index in [1.54, 1.807) is 12.1 Å².